The second-order valence-electron chi connectivity index (χ2n) is 21.5. The zero-order valence-electron chi connectivity index (χ0n) is 46.4. The van der Waals surface area contributed by atoms with Crippen LogP contribution in [0.4, 0.5) is 0 Å². The Hall–Kier alpha value is -10.4. The van der Waals surface area contributed by atoms with Crippen LogP contribution in [0.15, 0.2) is 170 Å². The minimum absolute atomic E-state index is 0.0152. The van der Waals surface area contributed by atoms with Crippen molar-refractivity contribution in [3.63, 3.8) is 0 Å². The molecular weight excluding hydrogens is 1070 g/mol. The smallest absolute Gasteiger partial charge is 0.266 e. The number of para-hydroxylation sites is 1. The second-order valence-corrected chi connectivity index (χ2v) is 21.5. The summed E-state index contributed by atoms with van der Waals surface area (Å²) in [5.74, 6) is -0.992. The predicted molar refractivity (Wildman–Crippen MR) is 307 cm³/mol. The normalized spacial score (nSPS) is 19.0. The molecule has 12 rings (SSSR count). The Morgan fingerprint density at radius 2 is 0.702 bits per heavy atom. The molecule has 6 heterocycles. The van der Waals surface area contributed by atoms with E-state index in [-0.39, 0.29) is 56.4 Å². The third kappa shape index (κ3) is 11.2. The van der Waals surface area contributed by atoms with Gasteiger partial charge in [0.1, 0.15) is 58.4 Å². The first-order valence-corrected chi connectivity index (χ1v) is 27.0. The minimum atomic E-state index is -0.855. The predicted octanol–water partition coefficient (Wildman–Crippen LogP) is 9.91. The standard InChI is InChI=1S/C24H24N2O4.C21H18N2O5.C20H16N2O4/c1-14-8-13-18(21(27)25-14)26-22(28)17-6-5-7-19(20(17)23(26)29)30-16-11-9-15(10-12-16)24(2,3)4;1-12-6-11-16(19(24)22-12)23-20(25)15-4-3-5-17(18(15)21(23)26)28-14-9-7-13(27-2)8-10-14;1-12-10-11-15(18(23)21-12)22-19(24)14-8-5-9-16(17(14)20(22)25)26-13-6-3-2-4-7-13/h5-7,9-12,18H,1,8,13H2,2-4H3,(H,25,27);3-5,7-10,16H,1,6,11H2,2H3,(H,22,24);2-9,15H,1,10-11H2,(H,21,23). The van der Waals surface area contributed by atoms with Crippen LogP contribution in [-0.4, -0.2) is 93.1 Å². The fourth-order valence-corrected chi connectivity index (χ4v) is 10.5. The Morgan fingerprint density at radius 1 is 0.393 bits per heavy atom. The van der Waals surface area contributed by atoms with Gasteiger partial charge in [0.05, 0.1) is 40.5 Å². The average molecular weight is 1130 g/mol. The molecule has 0 radical (unpaired) electrons. The van der Waals surface area contributed by atoms with Crippen molar-refractivity contribution in [2.45, 2.75) is 82.8 Å². The highest BCUT2D eigenvalue weighted by Gasteiger charge is 2.48. The van der Waals surface area contributed by atoms with E-state index in [0.29, 0.717) is 90.1 Å². The van der Waals surface area contributed by atoms with E-state index in [1.165, 1.54) is 0 Å². The zero-order chi connectivity index (χ0) is 59.7. The van der Waals surface area contributed by atoms with E-state index in [1.54, 1.807) is 98.1 Å². The summed E-state index contributed by atoms with van der Waals surface area (Å²) in [5.41, 5.74) is 4.23. The van der Waals surface area contributed by atoms with Gasteiger partial charge in [-0.15, -0.1) is 0 Å². The molecule has 0 saturated carbocycles. The fourth-order valence-electron chi connectivity index (χ4n) is 10.5. The van der Waals surface area contributed by atoms with E-state index in [2.05, 4.69) is 56.5 Å². The van der Waals surface area contributed by atoms with Crippen molar-refractivity contribution < 1.29 is 62.1 Å². The number of hydrogen-bond acceptors (Lipinski definition) is 13. The number of piperidine rings is 3. The van der Waals surface area contributed by atoms with Gasteiger partial charge in [0.25, 0.3) is 35.4 Å². The molecule has 19 heteroatoms. The summed E-state index contributed by atoms with van der Waals surface area (Å²) in [6, 6.07) is 35.7. The summed E-state index contributed by atoms with van der Waals surface area (Å²) in [7, 11) is 1.57. The van der Waals surface area contributed by atoms with Crippen LogP contribution in [0.3, 0.4) is 0 Å². The largest absolute Gasteiger partial charge is 0.497 e. The quantitative estimate of drug-likeness (QED) is 0.108. The number of ether oxygens (including phenoxy) is 4. The van der Waals surface area contributed by atoms with Crippen molar-refractivity contribution in [1.82, 2.24) is 30.7 Å². The summed E-state index contributed by atoms with van der Waals surface area (Å²) in [5, 5.41) is 7.87. The molecule has 19 nitrogen and oxygen atoms in total. The molecule has 426 valence electrons. The van der Waals surface area contributed by atoms with Gasteiger partial charge in [0.15, 0.2) is 0 Å². The van der Waals surface area contributed by atoms with Crippen LogP contribution >= 0.6 is 0 Å². The number of methoxy groups -OCH3 is 1. The lowest BCUT2D eigenvalue weighted by Crippen LogP contribution is -2.51. The molecule has 3 fully saturated rings. The Bertz CT molecular complexity index is 3770. The van der Waals surface area contributed by atoms with Crippen LogP contribution in [0.5, 0.6) is 40.2 Å². The van der Waals surface area contributed by atoms with Crippen LogP contribution < -0.4 is 34.9 Å². The zero-order valence-corrected chi connectivity index (χ0v) is 46.4. The van der Waals surface area contributed by atoms with Crippen LogP contribution in [0.1, 0.15) is 127 Å². The molecule has 0 aliphatic carbocycles. The summed E-state index contributed by atoms with van der Waals surface area (Å²) >= 11 is 0. The molecule has 6 aromatic rings. The first kappa shape index (κ1) is 56.8. The number of amides is 9. The molecule has 6 aliphatic rings. The van der Waals surface area contributed by atoms with Gasteiger partial charge < -0.3 is 34.9 Å². The summed E-state index contributed by atoms with van der Waals surface area (Å²) < 4.78 is 22.7. The minimum Gasteiger partial charge on any atom is -0.497 e. The van der Waals surface area contributed by atoms with Gasteiger partial charge in [-0.05, 0) is 134 Å². The molecular formula is C65H58N6O13. The van der Waals surface area contributed by atoms with Gasteiger partial charge in [-0.2, -0.15) is 0 Å². The summed E-state index contributed by atoms with van der Waals surface area (Å²) in [6.07, 6.45) is 2.64. The monoisotopic (exact) mass is 1130 g/mol. The van der Waals surface area contributed by atoms with Gasteiger partial charge in [0.2, 0.25) is 17.7 Å². The lowest BCUT2D eigenvalue weighted by molar-refractivity contribution is -0.126. The Labute approximate surface area is 483 Å². The van der Waals surface area contributed by atoms with Crippen LogP contribution in [-0.2, 0) is 19.8 Å². The maximum Gasteiger partial charge on any atom is 0.266 e. The molecule has 6 aromatic carbocycles. The summed E-state index contributed by atoms with van der Waals surface area (Å²) in [6.45, 7) is 17.6. The van der Waals surface area contributed by atoms with E-state index in [0.717, 1.165) is 20.3 Å². The number of allylic oxidation sites excluding steroid dienone is 3. The first-order chi connectivity index (χ1) is 40.2. The third-order valence-corrected chi connectivity index (χ3v) is 14.8. The molecule has 3 saturated heterocycles. The highest BCUT2D eigenvalue weighted by Crippen LogP contribution is 2.40. The average Bonchev–Trinajstić information content (AvgIpc) is 1.95. The van der Waals surface area contributed by atoms with Crippen molar-refractivity contribution >= 4 is 53.2 Å². The highest BCUT2D eigenvalue weighted by atomic mass is 16.5. The molecule has 3 unspecified atom stereocenters. The number of nitrogens with one attached hydrogen (secondary N) is 3. The third-order valence-electron chi connectivity index (χ3n) is 14.8. The Balaban J connectivity index is 0.000000141. The number of rotatable bonds is 10. The fraction of sp³-hybridized carbons (Fsp3) is 0.215. The Morgan fingerprint density at radius 3 is 1.01 bits per heavy atom. The van der Waals surface area contributed by atoms with Crippen molar-refractivity contribution in [2.75, 3.05) is 7.11 Å². The van der Waals surface area contributed by atoms with Crippen molar-refractivity contribution in [2.24, 2.45) is 0 Å². The SMILES string of the molecule is C=C1CCC(N2C(=O)c3cccc(Oc4ccc(C(C)(C)C)cc4)c3C2=O)C(=O)N1.C=C1CCC(N2C(=O)c3cccc(Oc4ccc(OC)cc4)c3C2=O)C(=O)N1.C=C1CCC(N2C(=O)c3cccc(Oc4ccccc4)c3C2=O)C(=O)N1. The number of nitrogens with zero attached hydrogens (tertiary/aromatic N) is 3. The van der Waals surface area contributed by atoms with E-state index >= 15 is 0 Å². The van der Waals surface area contributed by atoms with Crippen molar-refractivity contribution in [1.29, 1.82) is 0 Å². The van der Waals surface area contributed by atoms with E-state index in [1.807, 2.05) is 42.5 Å². The van der Waals surface area contributed by atoms with E-state index in [9.17, 15) is 43.2 Å². The lowest BCUT2D eigenvalue weighted by atomic mass is 9.87. The molecule has 6 aliphatic heterocycles. The second kappa shape index (κ2) is 23.2. The Kier molecular flexibility index (Phi) is 15.7. The molecule has 0 aromatic heterocycles. The molecule has 9 amide bonds. The van der Waals surface area contributed by atoms with Crippen molar-refractivity contribution in [3.8, 4) is 40.2 Å². The molecule has 0 bridgehead atoms. The van der Waals surface area contributed by atoms with Gasteiger partial charge in [0, 0.05) is 17.1 Å². The van der Waals surface area contributed by atoms with Gasteiger partial charge in [-0.25, -0.2) is 0 Å². The van der Waals surface area contributed by atoms with Gasteiger partial charge >= 0.3 is 0 Å². The topological polar surface area (TPSA) is 236 Å². The maximum atomic E-state index is 13.2. The van der Waals surface area contributed by atoms with Crippen molar-refractivity contribution in [3.05, 3.63) is 209 Å². The summed E-state index contributed by atoms with van der Waals surface area (Å²) in [4.78, 5) is 118. The molecule has 3 atom stereocenters. The number of carbonyl (C=O) groups is 9. The van der Waals surface area contributed by atoms with Gasteiger partial charge in [-0.1, -0.05) is 89.0 Å². The molecule has 3 N–H and O–H groups in total. The van der Waals surface area contributed by atoms with E-state index < -0.39 is 59.5 Å². The van der Waals surface area contributed by atoms with E-state index in [4.69, 9.17) is 18.9 Å². The first-order valence-electron chi connectivity index (χ1n) is 27.0. The van der Waals surface area contributed by atoms with Crippen LogP contribution in [0.25, 0.3) is 0 Å². The highest BCUT2D eigenvalue weighted by molar-refractivity contribution is 6.26. The lowest BCUT2D eigenvalue weighted by Gasteiger charge is -2.29. The van der Waals surface area contributed by atoms with Crippen LogP contribution in [0, 0.1) is 0 Å². The number of hydrogen-bond donors (Lipinski definition) is 3. The number of fused-ring (bicyclic) bond motifs is 3. The maximum absolute atomic E-state index is 13.2. The number of imide groups is 3. The van der Waals surface area contributed by atoms with Crippen LogP contribution in [0.2, 0.25) is 0 Å². The number of carbonyl (C=O) groups excluding carboxylic acids is 9. The molecule has 84 heavy (non-hydrogen) atoms. The number of benzene rings is 6. The molecule has 0 spiro atoms. The van der Waals surface area contributed by atoms with Gasteiger partial charge in [-0.3, -0.25) is 57.9 Å².